The van der Waals surface area contributed by atoms with Crippen LogP contribution in [-0.2, 0) is 11.3 Å². The van der Waals surface area contributed by atoms with Gasteiger partial charge >= 0.3 is 0 Å². The lowest BCUT2D eigenvalue weighted by molar-refractivity contribution is 0.0350. The number of hydrogen-bond donors (Lipinski definition) is 1. The van der Waals surface area contributed by atoms with Crippen molar-refractivity contribution in [3.8, 4) is 0 Å². The summed E-state index contributed by atoms with van der Waals surface area (Å²) in [5.74, 6) is 0. The molecule has 2 aromatic rings. The number of pyridine rings is 2. The van der Waals surface area contributed by atoms with E-state index in [1.807, 2.05) is 18.6 Å². The second-order valence-corrected chi connectivity index (χ2v) is 10.3. The molecule has 2 aromatic heterocycles. The van der Waals surface area contributed by atoms with Gasteiger partial charge in [0.05, 0.1) is 16.8 Å². The summed E-state index contributed by atoms with van der Waals surface area (Å²) in [6, 6.07) is 6.97. The van der Waals surface area contributed by atoms with Gasteiger partial charge < -0.3 is 15.0 Å². The first-order valence-electron chi connectivity index (χ1n) is 12.8. The number of anilines is 1. The van der Waals surface area contributed by atoms with E-state index in [2.05, 4.69) is 55.4 Å². The topological polar surface area (TPSA) is 53.5 Å². The van der Waals surface area contributed by atoms with Crippen molar-refractivity contribution in [2.24, 2.45) is 0 Å². The molecule has 2 atom stereocenters. The van der Waals surface area contributed by atoms with Gasteiger partial charge in [0.1, 0.15) is 0 Å². The van der Waals surface area contributed by atoms with Crippen molar-refractivity contribution < 1.29 is 4.74 Å². The van der Waals surface area contributed by atoms with E-state index in [0.29, 0.717) is 12.1 Å². The first-order chi connectivity index (χ1) is 16.7. The van der Waals surface area contributed by atoms with E-state index in [4.69, 9.17) is 16.3 Å². The maximum atomic E-state index is 6.26. The molecule has 5 rings (SSSR count). The fourth-order valence-electron chi connectivity index (χ4n) is 5.43. The highest BCUT2D eigenvalue weighted by molar-refractivity contribution is 6.24. The quantitative estimate of drug-likeness (QED) is 0.556. The van der Waals surface area contributed by atoms with Crippen LogP contribution in [0.25, 0.3) is 12.2 Å². The van der Waals surface area contributed by atoms with Gasteiger partial charge in [-0.05, 0) is 75.0 Å². The number of fused-ring (bicyclic) bond motifs is 1. The minimum Gasteiger partial charge on any atom is -0.383 e. The Kier molecular flexibility index (Phi) is 8.12. The van der Waals surface area contributed by atoms with Crippen LogP contribution in [-0.4, -0.2) is 76.6 Å². The number of aromatic nitrogens is 2. The molecule has 0 radical (unpaired) electrons. The third-order valence-corrected chi connectivity index (χ3v) is 7.63. The summed E-state index contributed by atoms with van der Waals surface area (Å²) in [4.78, 5) is 13.9. The largest absolute Gasteiger partial charge is 0.383 e. The average Bonchev–Trinajstić information content (AvgIpc) is 3.38. The van der Waals surface area contributed by atoms with Gasteiger partial charge in [-0.25, -0.2) is 0 Å². The van der Waals surface area contributed by atoms with Gasteiger partial charge in [-0.15, -0.1) is 11.6 Å². The van der Waals surface area contributed by atoms with Crippen LogP contribution in [0.15, 0.2) is 36.8 Å². The summed E-state index contributed by atoms with van der Waals surface area (Å²) in [6.45, 7) is 7.23. The molecular formula is C27H36ClN5O. The van der Waals surface area contributed by atoms with E-state index >= 15 is 0 Å². The Morgan fingerprint density at radius 2 is 1.97 bits per heavy atom. The predicted octanol–water partition coefficient (Wildman–Crippen LogP) is 2.61. The molecule has 6 nitrogen and oxygen atoms in total. The van der Waals surface area contributed by atoms with Gasteiger partial charge in [-0.2, -0.15) is 0 Å². The SMILES string of the molecule is ClC1C=c2nccc(NCCN3CCC(N(Cc4ccncc4)CC4CCCO4)CC3)c2=CC1. The van der Waals surface area contributed by atoms with Crippen molar-refractivity contribution in [3.63, 3.8) is 0 Å². The van der Waals surface area contributed by atoms with Crippen LogP contribution in [0.2, 0.25) is 0 Å². The number of nitrogens with one attached hydrogen (secondary N) is 1. The van der Waals surface area contributed by atoms with E-state index in [1.165, 1.54) is 42.2 Å². The van der Waals surface area contributed by atoms with Crippen LogP contribution < -0.4 is 15.9 Å². The Morgan fingerprint density at radius 3 is 2.76 bits per heavy atom. The molecule has 4 heterocycles. The average molecular weight is 482 g/mol. The molecule has 0 spiro atoms. The van der Waals surface area contributed by atoms with Crippen molar-refractivity contribution in [1.82, 2.24) is 19.8 Å². The fourth-order valence-corrected chi connectivity index (χ4v) is 5.64. The van der Waals surface area contributed by atoms with Crippen LogP contribution in [0.5, 0.6) is 0 Å². The Bertz CT molecular complexity index is 1030. The van der Waals surface area contributed by atoms with E-state index in [-0.39, 0.29) is 5.38 Å². The number of rotatable bonds is 9. The van der Waals surface area contributed by atoms with Gasteiger partial charge in [0.2, 0.25) is 0 Å². The molecule has 34 heavy (non-hydrogen) atoms. The van der Waals surface area contributed by atoms with E-state index in [0.717, 1.165) is 57.6 Å². The third kappa shape index (κ3) is 6.16. The molecule has 0 aromatic carbocycles. The molecule has 2 saturated heterocycles. The molecule has 2 fully saturated rings. The second kappa shape index (κ2) is 11.6. The van der Waals surface area contributed by atoms with E-state index < -0.39 is 0 Å². The third-order valence-electron chi connectivity index (χ3n) is 7.32. The molecule has 0 amide bonds. The van der Waals surface area contributed by atoms with E-state index in [1.54, 1.807) is 0 Å². The lowest BCUT2D eigenvalue weighted by atomic mass is 10.0. The monoisotopic (exact) mass is 481 g/mol. The predicted molar refractivity (Wildman–Crippen MR) is 138 cm³/mol. The van der Waals surface area contributed by atoms with Gasteiger partial charge in [-0.1, -0.05) is 6.08 Å². The van der Waals surface area contributed by atoms with Crippen LogP contribution in [0, 0.1) is 0 Å². The summed E-state index contributed by atoms with van der Waals surface area (Å²) in [5.41, 5.74) is 2.51. The Labute approximate surface area is 207 Å². The molecule has 0 saturated carbocycles. The van der Waals surface area contributed by atoms with Crippen molar-refractivity contribution in [3.05, 3.63) is 52.9 Å². The smallest absolute Gasteiger partial charge is 0.0703 e. The van der Waals surface area contributed by atoms with Gasteiger partial charge in [0.15, 0.2) is 0 Å². The van der Waals surface area contributed by atoms with E-state index in [9.17, 15) is 0 Å². The summed E-state index contributed by atoms with van der Waals surface area (Å²) in [7, 11) is 0. The van der Waals surface area contributed by atoms with Crippen LogP contribution in [0.3, 0.4) is 0 Å². The number of ether oxygens (including phenoxy) is 1. The highest BCUT2D eigenvalue weighted by Crippen LogP contribution is 2.22. The van der Waals surface area contributed by atoms with Crippen molar-refractivity contribution in [2.75, 3.05) is 44.6 Å². The number of hydrogen-bond acceptors (Lipinski definition) is 6. The molecule has 2 aliphatic heterocycles. The molecule has 7 heteroatoms. The fraction of sp³-hybridized carbons (Fsp3) is 0.556. The van der Waals surface area contributed by atoms with Crippen LogP contribution >= 0.6 is 11.6 Å². The Hall–Kier alpha value is -1.99. The highest BCUT2D eigenvalue weighted by atomic mass is 35.5. The zero-order valence-corrected chi connectivity index (χ0v) is 20.7. The molecule has 3 aliphatic rings. The molecule has 1 aliphatic carbocycles. The molecule has 182 valence electrons. The lowest BCUT2D eigenvalue weighted by Gasteiger charge is -2.39. The zero-order valence-electron chi connectivity index (χ0n) is 19.9. The van der Waals surface area contributed by atoms with Crippen LogP contribution in [0.1, 0.15) is 37.7 Å². The molecule has 2 unspecified atom stereocenters. The summed E-state index contributed by atoms with van der Waals surface area (Å²) >= 11 is 6.26. The number of alkyl halides is 1. The molecule has 0 bridgehead atoms. The van der Waals surface area contributed by atoms with Crippen molar-refractivity contribution in [1.29, 1.82) is 0 Å². The van der Waals surface area contributed by atoms with Crippen molar-refractivity contribution >= 4 is 29.4 Å². The molecular weight excluding hydrogens is 446 g/mol. The van der Waals surface area contributed by atoms with Gasteiger partial charge in [0, 0.05) is 68.3 Å². The second-order valence-electron chi connectivity index (χ2n) is 9.70. The standard InChI is InChI=1S/C27H36ClN5O/c28-22-3-4-25-26(7-12-30-27(25)18-22)31-13-16-32-14-8-23(9-15-32)33(20-24-2-1-17-34-24)19-21-5-10-29-11-6-21/h4-7,10-12,18,22-24,31H,1-3,8-9,13-17,19-20H2. The summed E-state index contributed by atoms with van der Waals surface area (Å²) in [5, 5.41) is 5.88. The van der Waals surface area contributed by atoms with Gasteiger partial charge in [-0.3, -0.25) is 14.9 Å². The first kappa shape index (κ1) is 23.7. The number of piperidine rings is 1. The minimum absolute atomic E-state index is 0.0508. The van der Waals surface area contributed by atoms with Crippen molar-refractivity contribution in [2.45, 2.75) is 56.2 Å². The molecule has 1 N–H and O–H groups in total. The maximum Gasteiger partial charge on any atom is 0.0703 e. The normalized spacial score (nSPS) is 23.4. The Balaban J connectivity index is 1.13. The maximum absolute atomic E-state index is 6.26. The lowest BCUT2D eigenvalue weighted by Crippen LogP contribution is -2.47. The zero-order chi connectivity index (χ0) is 23.2. The Morgan fingerprint density at radius 1 is 1.12 bits per heavy atom. The first-order valence-corrected chi connectivity index (χ1v) is 13.2. The summed E-state index contributed by atoms with van der Waals surface area (Å²) in [6.07, 6.45) is 16.0. The summed E-state index contributed by atoms with van der Waals surface area (Å²) < 4.78 is 5.98. The highest BCUT2D eigenvalue weighted by Gasteiger charge is 2.28. The number of halogens is 1. The number of likely N-dealkylation sites (tertiary alicyclic amines) is 1. The van der Waals surface area contributed by atoms with Crippen LogP contribution in [0.4, 0.5) is 5.69 Å². The minimum atomic E-state index is 0.0508. The number of nitrogens with zero attached hydrogens (tertiary/aromatic N) is 4. The van der Waals surface area contributed by atoms with Gasteiger partial charge in [0.25, 0.3) is 0 Å².